The third-order valence-electron chi connectivity index (χ3n) is 3.72. The average molecular weight is 352 g/mol. The van der Waals surface area contributed by atoms with E-state index in [4.69, 9.17) is 22.0 Å². The zero-order valence-corrected chi connectivity index (χ0v) is 15.7. The van der Waals surface area contributed by atoms with Gasteiger partial charge in [-0.1, -0.05) is 33.1 Å². The van der Waals surface area contributed by atoms with Crippen LogP contribution in [0.15, 0.2) is 4.99 Å². The minimum atomic E-state index is -0.813. The van der Waals surface area contributed by atoms with E-state index in [1.165, 1.54) is 7.11 Å². The molecule has 140 valence electrons. The SMILES string of the molecule is C#CC(CO)(CCC)OC.CCC(C)C=Nc1c(C)nc(F)nc1N. The van der Waals surface area contributed by atoms with Crippen LogP contribution in [0.1, 0.15) is 45.7 Å². The van der Waals surface area contributed by atoms with Gasteiger partial charge in [0.1, 0.15) is 5.69 Å². The molecule has 6 nitrogen and oxygen atoms in total. The first-order valence-corrected chi connectivity index (χ1v) is 8.26. The van der Waals surface area contributed by atoms with Crippen molar-refractivity contribution in [3.05, 3.63) is 11.8 Å². The largest absolute Gasteiger partial charge is 0.392 e. The summed E-state index contributed by atoms with van der Waals surface area (Å²) in [6, 6.07) is 0. The number of aromatic nitrogens is 2. The lowest BCUT2D eigenvalue weighted by molar-refractivity contribution is -0.0125. The molecule has 0 saturated heterocycles. The molecule has 0 aliphatic heterocycles. The molecule has 2 atom stereocenters. The highest BCUT2D eigenvalue weighted by atomic mass is 19.1. The molecular formula is C18H29FN4O2. The number of nitrogens with zero attached hydrogens (tertiary/aromatic N) is 3. The fraction of sp³-hybridized carbons (Fsp3) is 0.611. The summed E-state index contributed by atoms with van der Waals surface area (Å²) in [5, 5.41) is 8.84. The molecule has 7 heteroatoms. The summed E-state index contributed by atoms with van der Waals surface area (Å²) in [4.78, 5) is 11.2. The lowest BCUT2D eigenvalue weighted by Gasteiger charge is -2.23. The fourth-order valence-corrected chi connectivity index (χ4v) is 1.85. The number of aliphatic hydroxyl groups excluding tert-OH is 1. The lowest BCUT2D eigenvalue weighted by Crippen LogP contribution is -2.33. The summed E-state index contributed by atoms with van der Waals surface area (Å²) >= 11 is 0. The first-order chi connectivity index (χ1) is 11.8. The number of anilines is 1. The molecule has 1 heterocycles. The Kier molecular flexibility index (Phi) is 10.6. The van der Waals surface area contributed by atoms with Crippen LogP contribution in [0.3, 0.4) is 0 Å². The Labute approximate surface area is 149 Å². The number of hydrogen-bond donors (Lipinski definition) is 2. The van der Waals surface area contributed by atoms with Crippen molar-refractivity contribution in [2.75, 3.05) is 19.5 Å². The molecule has 0 aromatic carbocycles. The minimum Gasteiger partial charge on any atom is -0.392 e. The maximum absolute atomic E-state index is 12.7. The number of nitrogens with two attached hydrogens (primary N) is 1. The maximum Gasteiger partial charge on any atom is 0.310 e. The molecule has 0 radical (unpaired) electrons. The van der Waals surface area contributed by atoms with Crippen LogP contribution in [-0.4, -0.2) is 40.6 Å². The number of nitrogen functional groups attached to an aromatic ring is 1. The number of aryl methyl sites for hydroxylation is 1. The predicted octanol–water partition coefficient (Wildman–Crippen LogP) is 3.05. The van der Waals surface area contributed by atoms with Crippen LogP contribution in [0.5, 0.6) is 0 Å². The van der Waals surface area contributed by atoms with E-state index in [2.05, 4.69) is 27.8 Å². The number of hydrogen-bond acceptors (Lipinski definition) is 6. The lowest BCUT2D eigenvalue weighted by atomic mass is 10.0. The van der Waals surface area contributed by atoms with Gasteiger partial charge in [0, 0.05) is 13.3 Å². The van der Waals surface area contributed by atoms with E-state index in [1.807, 2.05) is 13.8 Å². The summed E-state index contributed by atoms with van der Waals surface area (Å²) < 4.78 is 17.7. The molecule has 0 spiro atoms. The smallest absolute Gasteiger partial charge is 0.310 e. The standard InChI is InChI=1S/C10H15FN4.C8H14O2/c1-4-6(2)5-13-8-7(3)14-10(11)15-9(8)12;1-4-6-8(5-2,7-9)10-3/h5-6H,4H2,1-3H3,(H2,12,14,15);2,9H,4,6-7H2,1,3H3. The van der Waals surface area contributed by atoms with Crippen molar-refractivity contribution in [1.29, 1.82) is 0 Å². The Morgan fingerprint density at radius 3 is 2.48 bits per heavy atom. The molecule has 25 heavy (non-hydrogen) atoms. The van der Waals surface area contributed by atoms with Gasteiger partial charge in [0.15, 0.2) is 11.4 Å². The van der Waals surface area contributed by atoms with E-state index >= 15 is 0 Å². The Balaban J connectivity index is 0.000000504. The quantitative estimate of drug-likeness (QED) is 0.447. The van der Waals surface area contributed by atoms with Gasteiger partial charge >= 0.3 is 6.08 Å². The zero-order valence-electron chi connectivity index (χ0n) is 15.7. The van der Waals surface area contributed by atoms with E-state index in [0.717, 1.165) is 12.8 Å². The summed E-state index contributed by atoms with van der Waals surface area (Å²) in [5.41, 5.74) is 5.72. The number of aliphatic hydroxyl groups is 1. The third-order valence-corrected chi connectivity index (χ3v) is 3.72. The summed E-state index contributed by atoms with van der Waals surface area (Å²) in [5.74, 6) is 2.88. The van der Waals surface area contributed by atoms with Crippen LogP contribution in [0.4, 0.5) is 15.9 Å². The third kappa shape index (κ3) is 7.59. The second kappa shape index (κ2) is 11.5. The van der Waals surface area contributed by atoms with Crippen molar-refractivity contribution in [3.63, 3.8) is 0 Å². The molecule has 3 N–H and O–H groups in total. The van der Waals surface area contributed by atoms with Crippen LogP contribution in [0.25, 0.3) is 0 Å². The first-order valence-electron chi connectivity index (χ1n) is 8.26. The number of aliphatic imine (C=N–C) groups is 1. The van der Waals surface area contributed by atoms with Crippen LogP contribution in [-0.2, 0) is 4.74 Å². The molecule has 1 aromatic rings. The first kappa shape index (κ1) is 23.0. The number of terminal acetylenes is 1. The molecule has 0 bridgehead atoms. The van der Waals surface area contributed by atoms with Crippen molar-refractivity contribution < 1.29 is 14.2 Å². The van der Waals surface area contributed by atoms with Crippen molar-refractivity contribution in [1.82, 2.24) is 9.97 Å². The van der Waals surface area contributed by atoms with E-state index in [-0.39, 0.29) is 12.4 Å². The van der Waals surface area contributed by atoms with Gasteiger partial charge in [0.2, 0.25) is 0 Å². The maximum atomic E-state index is 12.7. The predicted molar refractivity (Wildman–Crippen MR) is 99.3 cm³/mol. The van der Waals surface area contributed by atoms with Gasteiger partial charge in [-0.3, -0.25) is 4.99 Å². The average Bonchev–Trinajstić information content (AvgIpc) is 2.59. The Morgan fingerprint density at radius 2 is 2.12 bits per heavy atom. The van der Waals surface area contributed by atoms with Gasteiger partial charge < -0.3 is 15.6 Å². The van der Waals surface area contributed by atoms with Gasteiger partial charge in [-0.2, -0.15) is 9.37 Å². The number of rotatable bonds is 7. The molecule has 0 saturated carbocycles. The molecule has 0 amide bonds. The molecule has 0 aliphatic rings. The van der Waals surface area contributed by atoms with Gasteiger partial charge in [0.25, 0.3) is 0 Å². The summed E-state index contributed by atoms with van der Waals surface area (Å²) in [6.07, 6.45) is 8.76. The normalized spacial score (nSPS) is 14.3. The van der Waals surface area contributed by atoms with Crippen molar-refractivity contribution >= 4 is 17.7 Å². The van der Waals surface area contributed by atoms with Crippen molar-refractivity contribution in [3.8, 4) is 12.3 Å². The van der Waals surface area contributed by atoms with E-state index in [9.17, 15) is 4.39 Å². The highest BCUT2D eigenvalue weighted by Gasteiger charge is 2.24. The van der Waals surface area contributed by atoms with Crippen molar-refractivity contribution in [2.45, 2.75) is 52.6 Å². The molecule has 0 fully saturated rings. The van der Waals surface area contributed by atoms with Gasteiger partial charge in [-0.15, -0.1) is 6.42 Å². The van der Waals surface area contributed by atoms with Crippen LogP contribution in [0.2, 0.25) is 0 Å². The monoisotopic (exact) mass is 352 g/mol. The van der Waals surface area contributed by atoms with Gasteiger partial charge in [-0.05, 0) is 25.7 Å². The molecule has 2 unspecified atom stereocenters. The van der Waals surface area contributed by atoms with Crippen LogP contribution < -0.4 is 5.73 Å². The zero-order chi connectivity index (χ0) is 19.5. The van der Waals surface area contributed by atoms with Gasteiger partial charge in [0.05, 0.1) is 12.3 Å². The number of methoxy groups -OCH3 is 1. The highest BCUT2D eigenvalue weighted by molar-refractivity contribution is 5.71. The topological polar surface area (TPSA) is 93.6 Å². The fourth-order valence-electron chi connectivity index (χ4n) is 1.85. The Hall–Kier alpha value is -2.04. The Morgan fingerprint density at radius 1 is 1.48 bits per heavy atom. The Bertz CT molecular complexity index is 572. The minimum absolute atomic E-state index is 0.0829. The summed E-state index contributed by atoms with van der Waals surface area (Å²) in [6.45, 7) is 7.66. The second-order valence-electron chi connectivity index (χ2n) is 5.73. The van der Waals surface area contributed by atoms with E-state index in [1.54, 1.807) is 13.1 Å². The molecule has 1 rings (SSSR count). The molecular weight excluding hydrogens is 323 g/mol. The van der Waals surface area contributed by atoms with E-state index < -0.39 is 11.7 Å². The molecule has 1 aromatic heterocycles. The number of ether oxygens (including phenoxy) is 1. The van der Waals surface area contributed by atoms with Gasteiger partial charge in [-0.25, -0.2) is 4.98 Å². The van der Waals surface area contributed by atoms with Crippen LogP contribution >= 0.6 is 0 Å². The molecule has 0 aliphatic carbocycles. The number of halogens is 1. The second-order valence-corrected chi connectivity index (χ2v) is 5.73. The van der Waals surface area contributed by atoms with Crippen molar-refractivity contribution in [2.24, 2.45) is 10.9 Å². The van der Waals surface area contributed by atoms with Crippen LogP contribution in [0, 0.1) is 31.3 Å². The summed E-state index contributed by atoms with van der Waals surface area (Å²) in [7, 11) is 1.52. The highest BCUT2D eigenvalue weighted by Crippen LogP contribution is 2.22. The van der Waals surface area contributed by atoms with E-state index in [0.29, 0.717) is 23.7 Å².